The van der Waals surface area contributed by atoms with Gasteiger partial charge in [-0.2, -0.15) is 0 Å². The molecule has 1 aliphatic rings. The van der Waals surface area contributed by atoms with E-state index in [1.165, 1.54) is 24.3 Å². The smallest absolute Gasteiger partial charge is 0.251 e. The van der Waals surface area contributed by atoms with Gasteiger partial charge in [-0.1, -0.05) is 23.7 Å². The number of carbonyl (C=O) groups excluding carboxylic acids is 2. The third kappa shape index (κ3) is 4.14. The highest BCUT2D eigenvalue weighted by molar-refractivity contribution is 7.90. The summed E-state index contributed by atoms with van der Waals surface area (Å²) in [5, 5.41) is 3.49. The molecule has 0 aromatic heterocycles. The number of halogens is 1. The number of likely N-dealkylation sites (tertiary alicyclic amines) is 1. The highest BCUT2D eigenvalue weighted by Gasteiger charge is 2.39. The van der Waals surface area contributed by atoms with Crippen molar-refractivity contribution in [2.24, 2.45) is 0 Å². The van der Waals surface area contributed by atoms with Gasteiger partial charge in [-0.15, -0.1) is 0 Å². The molecule has 0 spiro atoms. The Hall–Kier alpha value is -2.38. The Bertz CT molecular complexity index is 972. The largest absolute Gasteiger partial charge is 0.346 e. The molecule has 2 aromatic carbocycles. The standard InChI is InChI=1S/C19H19ClN2O4S/c1-22-17(23)11-16(18(22)12-3-7-14(20)8-4-12)21-19(24)13-5-9-15(10-6-13)27(2,25)26/h3-10,16,18H,11H2,1-2H3,(H,21,24). The Morgan fingerprint density at radius 2 is 1.70 bits per heavy atom. The van der Waals surface area contributed by atoms with Gasteiger partial charge >= 0.3 is 0 Å². The predicted octanol–water partition coefficient (Wildman–Crippen LogP) is 2.45. The number of hydrogen-bond donors (Lipinski definition) is 1. The second kappa shape index (κ2) is 7.32. The van der Waals surface area contributed by atoms with E-state index in [4.69, 9.17) is 11.6 Å². The van der Waals surface area contributed by atoms with E-state index in [9.17, 15) is 18.0 Å². The zero-order valence-electron chi connectivity index (χ0n) is 14.8. The Balaban J connectivity index is 1.81. The van der Waals surface area contributed by atoms with Crippen molar-refractivity contribution in [3.63, 3.8) is 0 Å². The lowest BCUT2D eigenvalue weighted by Crippen LogP contribution is -2.39. The first-order valence-corrected chi connectivity index (χ1v) is 10.6. The van der Waals surface area contributed by atoms with Gasteiger partial charge in [-0.05, 0) is 42.0 Å². The van der Waals surface area contributed by atoms with Gasteiger partial charge in [0.2, 0.25) is 5.91 Å². The van der Waals surface area contributed by atoms with Crippen LogP contribution in [-0.4, -0.2) is 44.5 Å². The van der Waals surface area contributed by atoms with Gasteiger partial charge < -0.3 is 10.2 Å². The zero-order chi connectivity index (χ0) is 19.8. The third-order valence-corrected chi connectivity index (χ3v) is 6.04. The van der Waals surface area contributed by atoms with Crippen LogP contribution in [0.4, 0.5) is 0 Å². The number of amides is 2. The molecule has 1 saturated heterocycles. The summed E-state index contributed by atoms with van der Waals surface area (Å²) in [6.07, 6.45) is 1.30. The maximum atomic E-state index is 12.6. The number of likely N-dealkylation sites (N-methyl/N-ethyl adjacent to an activating group) is 1. The van der Waals surface area contributed by atoms with Gasteiger partial charge in [0.15, 0.2) is 9.84 Å². The zero-order valence-corrected chi connectivity index (χ0v) is 16.4. The van der Waals surface area contributed by atoms with Crippen LogP contribution >= 0.6 is 11.6 Å². The van der Waals surface area contributed by atoms with E-state index in [-0.39, 0.29) is 29.2 Å². The molecule has 142 valence electrons. The summed E-state index contributed by atoms with van der Waals surface area (Å²) in [7, 11) is -1.62. The summed E-state index contributed by atoms with van der Waals surface area (Å²) in [4.78, 5) is 26.5. The van der Waals surface area contributed by atoms with Gasteiger partial charge in [0.25, 0.3) is 5.91 Å². The van der Waals surface area contributed by atoms with E-state index >= 15 is 0 Å². The van der Waals surface area contributed by atoms with Crippen molar-refractivity contribution in [2.45, 2.75) is 23.4 Å². The van der Waals surface area contributed by atoms with Crippen LogP contribution in [0.3, 0.4) is 0 Å². The number of rotatable bonds is 4. The van der Waals surface area contributed by atoms with Crippen molar-refractivity contribution in [2.75, 3.05) is 13.3 Å². The minimum Gasteiger partial charge on any atom is -0.346 e. The van der Waals surface area contributed by atoms with E-state index in [0.29, 0.717) is 10.6 Å². The van der Waals surface area contributed by atoms with Gasteiger partial charge in [0.1, 0.15) is 0 Å². The second-order valence-electron chi connectivity index (χ2n) is 6.58. The monoisotopic (exact) mass is 406 g/mol. The van der Waals surface area contributed by atoms with E-state index in [0.717, 1.165) is 11.8 Å². The molecule has 2 unspecified atom stereocenters. The molecule has 2 amide bonds. The van der Waals surface area contributed by atoms with E-state index < -0.39 is 15.9 Å². The number of sulfone groups is 1. The summed E-state index contributed by atoms with van der Waals surface area (Å²) in [6, 6.07) is 12.2. The van der Waals surface area contributed by atoms with Crippen LogP contribution in [-0.2, 0) is 14.6 Å². The maximum absolute atomic E-state index is 12.6. The Morgan fingerprint density at radius 1 is 1.11 bits per heavy atom. The lowest BCUT2D eigenvalue weighted by atomic mass is 10.00. The van der Waals surface area contributed by atoms with Crippen LogP contribution in [0.15, 0.2) is 53.4 Å². The normalized spacial score (nSPS) is 20.0. The van der Waals surface area contributed by atoms with Crippen molar-refractivity contribution >= 4 is 33.3 Å². The van der Waals surface area contributed by atoms with E-state index in [1.54, 1.807) is 24.1 Å². The molecular weight excluding hydrogens is 388 g/mol. The van der Waals surface area contributed by atoms with Crippen LogP contribution in [0.1, 0.15) is 28.4 Å². The lowest BCUT2D eigenvalue weighted by molar-refractivity contribution is -0.127. The van der Waals surface area contributed by atoms with Gasteiger partial charge in [-0.25, -0.2) is 8.42 Å². The second-order valence-corrected chi connectivity index (χ2v) is 9.03. The molecule has 8 heteroatoms. The summed E-state index contributed by atoms with van der Waals surface area (Å²) >= 11 is 5.94. The molecule has 2 atom stereocenters. The van der Waals surface area contributed by atoms with Gasteiger partial charge in [0, 0.05) is 30.3 Å². The van der Waals surface area contributed by atoms with Crippen LogP contribution < -0.4 is 5.32 Å². The summed E-state index contributed by atoms with van der Waals surface area (Å²) in [5.41, 5.74) is 1.21. The first-order valence-electron chi connectivity index (χ1n) is 8.29. The molecule has 27 heavy (non-hydrogen) atoms. The molecule has 1 heterocycles. The van der Waals surface area contributed by atoms with Crippen molar-refractivity contribution < 1.29 is 18.0 Å². The number of benzene rings is 2. The SMILES string of the molecule is CN1C(=O)CC(NC(=O)c2ccc(S(C)(=O)=O)cc2)C1c1ccc(Cl)cc1. The van der Waals surface area contributed by atoms with Crippen molar-refractivity contribution in [3.05, 3.63) is 64.7 Å². The van der Waals surface area contributed by atoms with E-state index in [1.807, 2.05) is 12.1 Å². The number of hydrogen-bond acceptors (Lipinski definition) is 4. The molecule has 1 aliphatic heterocycles. The average molecular weight is 407 g/mol. The Morgan fingerprint density at radius 3 is 2.26 bits per heavy atom. The number of carbonyl (C=O) groups is 2. The third-order valence-electron chi connectivity index (χ3n) is 4.66. The molecule has 3 rings (SSSR count). The molecule has 0 radical (unpaired) electrons. The molecular formula is C19H19ClN2O4S. The Kier molecular flexibility index (Phi) is 5.26. The molecule has 0 bridgehead atoms. The minimum atomic E-state index is -3.32. The van der Waals surface area contributed by atoms with Crippen LogP contribution in [0.5, 0.6) is 0 Å². The average Bonchev–Trinajstić information content (AvgIpc) is 2.89. The quantitative estimate of drug-likeness (QED) is 0.845. The topological polar surface area (TPSA) is 83.6 Å². The van der Waals surface area contributed by atoms with Crippen LogP contribution in [0, 0.1) is 0 Å². The Labute approximate surface area is 163 Å². The fourth-order valence-electron chi connectivity index (χ4n) is 3.22. The molecule has 1 fully saturated rings. The first-order chi connectivity index (χ1) is 12.7. The maximum Gasteiger partial charge on any atom is 0.251 e. The molecule has 0 aliphatic carbocycles. The van der Waals surface area contributed by atoms with Crippen LogP contribution in [0.25, 0.3) is 0 Å². The van der Waals surface area contributed by atoms with Gasteiger partial charge in [-0.3, -0.25) is 9.59 Å². The fraction of sp³-hybridized carbons (Fsp3) is 0.263. The van der Waals surface area contributed by atoms with E-state index in [2.05, 4.69) is 5.32 Å². The van der Waals surface area contributed by atoms with Crippen molar-refractivity contribution in [1.82, 2.24) is 10.2 Å². The minimum absolute atomic E-state index is 0.0623. The first kappa shape index (κ1) is 19.4. The predicted molar refractivity (Wildman–Crippen MR) is 102 cm³/mol. The summed E-state index contributed by atoms with van der Waals surface area (Å²) in [5.74, 6) is -0.421. The molecule has 1 N–H and O–H groups in total. The fourth-order valence-corrected chi connectivity index (χ4v) is 3.98. The van der Waals surface area contributed by atoms with Crippen LogP contribution in [0.2, 0.25) is 5.02 Å². The molecule has 6 nitrogen and oxygen atoms in total. The molecule has 0 saturated carbocycles. The highest BCUT2D eigenvalue weighted by atomic mass is 35.5. The molecule has 2 aromatic rings. The highest BCUT2D eigenvalue weighted by Crippen LogP contribution is 2.32. The van der Waals surface area contributed by atoms with Crippen molar-refractivity contribution in [3.8, 4) is 0 Å². The summed E-state index contributed by atoms with van der Waals surface area (Å²) < 4.78 is 23.1. The van der Waals surface area contributed by atoms with Gasteiger partial charge in [0.05, 0.1) is 17.0 Å². The number of nitrogens with one attached hydrogen (secondary N) is 1. The summed E-state index contributed by atoms with van der Waals surface area (Å²) in [6.45, 7) is 0. The van der Waals surface area contributed by atoms with Crippen molar-refractivity contribution in [1.29, 1.82) is 0 Å². The number of nitrogens with zero attached hydrogens (tertiary/aromatic N) is 1. The lowest BCUT2D eigenvalue weighted by Gasteiger charge is -2.26.